The van der Waals surface area contributed by atoms with Gasteiger partial charge in [0, 0.05) is 0 Å². The molecule has 4 rings (SSSR count). The first-order valence-electron chi connectivity index (χ1n) is 12.9. The van der Waals surface area contributed by atoms with E-state index >= 15 is 0 Å². The Kier molecular flexibility index (Phi) is 8.62. The highest BCUT2D eigenvalue weighted by atomic mass is 28.3. The largest absolute Gasteiger partial charge is 0.412 e. The summed E-state index contributed by atoms with van der Waals surface area (Å²) in [4.78, 5) is 0. The molecule has 1 fully saturated rings. The Hall–Kier alpha value is -2.80. The second-order valence-electron chi connectivity index (χ2n) is 10.1. The molecular weight excluding hydrogens is 476 g/mol. The van der Waals surface area contributed by atoms with E-state index in [2.05, 4.69) is 62.7 Å². The second kappa shape index (κ2) is 11.7. The molecule has 4 nitrogen and oxygen atoms in total. The molecule has 0 N–H and O–H groups in total. The van der Waals surface area contributed by atoms with Crippen molar-refractivity contribution < 1.29 is 18.6 Å². The summed E-state index contributed by atoms with van der Waals surface area (Å²) in [6.07, 6.45) is 0.785. The standard InChI is InChI=1S/C32H38O4Si/c1-7-28(36-37(5)6)30-29(34-31(3,4)35-30)24(2)23-33-32(25-17-11-8-12-18-25,26-19-13-9-14-20-26)27-21-15-10-16-22-27/h7-22,28-30,37H,1-2,23H2,3-6H3/t28-,29-,30+/m1/s1. The van der Waals surface area contributed by atoms with Gasteiger partial charge in [-0.15, -0.1) is 6.58 Å². The van der Waals surface area contributed by atoms with Crippen molar-refractivity contribution in [3.05, 3.63) is 132 Å². The number of benzene rings is 3. The van der Waals surface area contributed by atoms with Crippen LogP contribution in [0.3, 0.4) is 0 Å². The fourth-order valence-corrected chi connectivity index (χ4v) is 5.87. The van der Waals surface area contributed by atoms with Gasteiger partial charge in [0.15, 0.2) is 14.8 Å². The van der Waals surface area contributed by atoms with Crippen LogP contribution in [0.2, 0.25) is 13.1 Å². The van der Waals surface area contributed by atoms with Crippen LogP contribution in [0.5, 0.6) is 0 Å². The Labute approximate surface area is 223 Å². The van der Waals surface area contributed by atoms with Crippen LogP contribution in [0.4, 0.5) is 0 Å². The highest BCUT2D eigenvalue weighted by molar-refractivity contribution is 6.48. The van der Waals surface area contributed by atoms with Gasteiger partial charge in [-0.1, -0.05) is 104 Å². The maximum Gasteiger partial charge on any atom is 0.171 e. The monoisotopic (exact) mass is 514 g/mol. The lowest BCUT2D eigenvalue weighted by Crippen LogP contribution is -2.40. The van der Waals surface area contributed by atoms with Gasteiger partial charge >= 0.3 is 0 Å². The minimum absolute atomic E-state index is 0.266. The average Bonchev–Trinajstić information content (AvgIpc) is 3.24. The molecule has 1 aliphatic rings. The van der Waals surface area contributed by atoms with Gasteiger partial charge in [0.2, 0.25) is 0 Å². The highest BCUT2D eigenvalue weighted by Crippen LogP contribution is 2.42. The predicted molar refractivity (Wildman–Crippen MR) is 152 cm³/mol. The van der Waals surface area contributed by atoms with Crippen LogP contribution in [-0.2, 0) is 24.2 Å². The maximum absolute atomic E-state index is 6.98. The van der Waals surface area contributed by atoms with Crippen LogP contribution < -0.4 is 0 Å². The first-order valence-corrected chi connectivity index (χ1v) is 15.7. The van der Waals surface area contributed by atoms with Crippen molar-refractivity contribution in [2.24, 2.45) is 0 Å². The Morgan fingerprint density at radius 3 is 1.76 bits per heavy atom. The predicted octanol–water partition coefficient (Wildman–Crippen LogP) is 6.63. The third-order valence-electron chi connectivity index (χ3n) is 6.53. The molecule has 37 heavy (non-hydrogen) atoms. The molecule has 1 saturated heterocycles. The molecule has 0 unspecified atom stereocenters. The summed E-state index contributed by atoms with van der Waals surface area (Å²) in [5.74, 6) is -0.767. The minimum Gasteiger partial charge on any atom is -0.412 e. The molecule has 0 bridgehead atoms. The van der Waals surface area contributed by atoms with Crippen LogP contribution in [0.15, 0.2) is 116 Å². The van der Waals surface area contributed by atoms with E-state index in [1.807, 2.05) is 74.5 Å². The molecule has 194 valence electrons. The van der Waals surface area contributed by atoms with Gasteiger partial charge in [0.25, 0.3) is 0 Å². The molecule has 0 aromatic heterocycles. The molecule has 1 aliphatic heterocycles. The van der Waals surface area contributed by atoms with Crippen molar-refractivity contribution in [2.75, 3.05) is 6.61 Å². The molecular formula is C32H38O4Si. The summed E-state index contributed by atoms with van der Waals surface area (Å²) in [5, 5.41) is 0. The van der Waals surface area contributed by atoms with Gasteiger partial charge in [-0.3, -0.25) is 0 Å². The fraction of sp³-hybridized carbons (Fsp3) is 0.312. The molecule has 0 spiro atoms. The lowest BCUT2D eigenvalue weighted by Gasteiger charge is -2.37. The first-order chi connectivity index (χ1) is 17.8. The SMILES string of the molecule is C=C[C@@H](O[SiH](C)C)[C@@H]1OC(C)(C)O[C@@H]1C(=C)COC(c1ccccc1)(c1ccccc1)c1ccccc1. The van der Waals surface area contributed by atoms with E-state index in [4.69, 9.17) is 18.6 Å². The Balaban J connectivity index is 1.71. The molecule has 0 radical (unpaired) electrons. The molecule has 3 aromatic carbocycles. The molecule has 0 amide bonds. The zero-order valence-corrected chi connectivity index (χ0v) is 23.5. The fourth-order valence-electron chi connectivity index (χ4n) is 4.98. The van der Waals surface area contributed by atoms with E-state index in [-0.39, 0.29) is 18.8 Å². The minimum atomic E-state index is -1.34. The first kappa shape index (κ1) is 27.2. The third-order valence-corrected chi connectivity index (χ3v) is 7.39. The summed E-state index contributed by atoms with van der Waals surface area (Å²) >= 11 is 0. The number of rotatable bonds is 11. The van der Waals surface area contributed by atoms with Crippen molar-refractivity contribution in [3.63, 3.8) is 0 Å². The van der Waals surface area contributed by atoms with E-state index in [1.165, 1.54) is 0 Å². The molecule has 1 heterocycles. The van der Waals surface area contributed by atoms with Crippen molar-refractivity contribution in [1.82, 2.24) is 0 Å². The molecule has 5 heteroatoms. The van der Waals surface area contributed by atoms with Crippen molar-refractivity contribution >= 4 is 9.04 Å². The maximum atomic E-state index is 6.98. The Morgan fingerprint density at radius 1 is 0.892 bits per heavy atom. The van der Waals surface area contributed by atoms with Crippen molar-refractivity contribution in [3.8, 4) is 0 Å². The summed E-state index contributed by atoms with van der Waals surface area (Å²) in [6, 6.07) is 31.0. The zero-order chi connectivity index (χ0) is 26.5. The molecule has 0 saturated carbocycles. The number of hydrogen-bond donors (Lipinski definition) is 0. The van der Waals surface area contributed by atoms with Crippen LogP contribution in [0, 0.1) is 0 Å². The molecule has 0 aliphatic carbocycles. The van der Waals surface area contributed by atoms with Crippen molar-refractivity contribution in [1.29, 1.82) is 0 Å². The van der Waals surface area contributed by atoms with E-state index in [9.17, 15) is 0 Å². The quantitative estimate of drug-likeness (QED) is 0.164. The van der Waals surface area contributed by atoms with E-state index in [0.29, 0.717) is 0 Å². The number of ether oxygens (including phenoxy) is 3. The Bertz CT molecular complexity index is 1060. The van der Waals surface area contributed by atoms with E-state index in [1.54, 1.807) is 0 Å². The highest BCUT2D eigenvalue weighted by Gasteiger charge is 2.47. The van der Waals surface area contributed by atoms with Gasteiger partial charge in [-0.25, -0.2) is 0 Å². The summed E-state index contributed by atoms with van der Waals surface area (Å²) in [7, 11) is -1.34. The summed E-state index contributed by atoms with van der Waals surface area (Å²) < 4.78 is 25.9. The van der Waals surface area contributed by atoms with Gasteiger partial charge in [-0.05, 0) is 49.2 Å². The number of hydrogen-bond acceptors (Lipinski definition) is 4. The zero-order valence-electron chi connectivity index (χ0n) is 22.3. The summed E-state index contributed by atoms with van der Waals surface area (Å²) in [5.41, 5.74) is 3.08. The lowest BCUT2D eigenvalue weighted by atomic mass is 9.80. The van der Waals surface area contributed by atoms with Crippen LogP contribution in [-0.4, -0.2) is 39.7 Å². The van der Waals surface area contributed by atoms with Gasteiger partial charge in [-0.2, -0.15) is 0 Å². The van der Waals surface area contributed by atoms with Crippen molar-refractivity contribution in [2.45, 2.75) is 56.6 Å². The van der Waals surface area contributed by atoms with Gasteiger partial charge in [0.05, 0.1) is 12.7 Å². The van der Waals surface area contributed by atoms with Gasteiger partial charge in [0.1, 0.15) is 17.8 Å². The molecule has 3 aromatic rings. The smallest absolute Gasteiger partial charge is 0.171 e. The van der Waals surface area contributed by atoms with E-state index < -0.39 is 26.5 Å². The molecule has 3 atom stereocenters. The Morgan fingerprint density at radius 2 is 1.35 bits per heavy atom. The van der Waals surface area contributed by atoms with Crippen LogP contribution in [0.1, 0.15) is 30.5 Å². The van der Waals surface area contributed by atoms with Gasteiger partial charge < -0.3 is 18.6 Å². The van der Waals surface area contributed by atoms with Crippen LogP contribution >= 0.6 is 0 Å². The summed E-state index contributed by atoms with van der Waals surface area (Å²) in [6.45, 7) is 16.8. The van der Waals surface area contributed by atoms with Crippen LogP contribution in [0.25, 0.3) is 0 Å². The second-order valence-corrected chi connectivity index (χ2v) is 12.5. The third kappa shape index (κ3) is 6.03. The average molecular weight is 515 g/mol. The lowest BCUT2D eigenvalue weighted by molar-refractivity contribution is -0.150. The van der Waals surface area contributed by atoms with E-state index in [0.717, 1.165) is 22.3 Å². The normalized spacial score (nSPS) is 20.0. The topological polar surface area (TPSA) is 36.9 Å².